The highest BCUT2D eigenvalue weighted by molar-refractivity contribution is 5.59. The van der Waals surface area contributed by atoms with Gasteiger partial charge in [-0.15, -0.1) is 0 Å². The molecule has 14 heavy (non-hydrogen) atoms. The van der Waals surface area contributed by atoms with E-state index < -0.39 is 0 Å². The van der Waals surface area contributed by atoms with E-state index in [1.54, 1.807) is 0 Å². The third-order valence-corrected chi connectivity index (χ3v) is 3.00. The van der Waals surface area contributed by atoms with Gasteiger partial charge in [-0.2, -0.15) is 0 Å². The van der Waals surface area contributed by atoms with Crippen molar-refractivity contribution in [3.8, 4) is 0 Å². The molecule has 2 rings (SSSR count). The monoisotopic (exact) mass is 191 g/mol. The number of hydrogen-bond acceptors (Lipinski definition) is 2. The van der Waals surface area contributed by atoms with E-state index in [1.807, 2.05) is 11.9 Å². The predicted molar refractivity (Wildman–Crippen MR) is 58.6 cm³/mol. The zero-order chi connectivity index (χ0) is 10.3. The molecule has 0 saturated carbocycles. The molecule has 0 saturated heterocycles. The van der Waals surface area contributed by atoms with Crippen molar-refractivity contribution < 1.29 is 5.11 Å². The Morgan fingerprint density at radius 2 is 2.14 bits per heavy atom. The third kappa shape index (κ3) is 1.40. The zero-order valence-corrected chi connectivity index (χ0v) is 8.99. The van der Waals surface area contributed by atoms with Crippen LogP contribution in [0.3, 0.4) is 0 Å². The summed E-state index contributed by atoms with van der Waals surface area (Å²) in [6.07, 6.45) is 0.416. The Morgan fingerprint density at radius 3 is 2.79 bits per heavy atom. The molecule has 2 nitrogen and oxygen atoms in total. The van der Waals surface area contributed by atoms with Gasteiger partial charge in [-0.3, -0.25) is 0 Å². The molecule has 1 aliphatic rings. The van der Waals surface area contributed by atoms with Crippen LogP contribution in [0.1, 0.15) is 30.9 Å². The van der Waals surface area contributed by atoms with Gasteiger partial charge >= 0.3 is 0 Å². The van der Waals surface area contributed by atoms with Crippen LogP contribution in [0.5, 0.6) is 0 Å². The van der Waals surface area contributed by atoms with Crippen molar-refractivity contribution in [3.63, 3.8) is 0 Å². The standard InChI is InChI=1S/C12H17NO/c1-8(2)9-4-5-11-10(6-9)7-12(14)13(11)3/h4-6,8,12,14H,7H2,1-3H3. The summed E-state index contributed by atoms with van der Waals surface area (Å²) in [5, 5.41) is 9.67. The van der Waals surface area contributed by atoms with E-state index in [0.29, 0.717) is 5.92 Å². The maximum Gasteiger partial charge on any atom is 0.130 e. The molecule has 0 amide bonds. The lowest BCUT2D eigenvalue weighted by Gasteiger charge is -2.17. The predicted octanol–water partition coefficient (Wildman–Crippen LogP) is 2.12. The number of nitrogens with zero attached hydrogens (tertiary/aromatic N) is 1. The van der Waals surface area contributed by atoms with Crippen molar-refractivity contribution in [3.05, 3.63) is 29.3 Å². The first-order valence-electron chi connectivity index (χ1n) is 5.13. The zero-order valence-electron chi connectivity index (χ0n) is 8.99. The molecule has 0 aromatic heterocycles. The molecule has 0 radical (unpaired) electrons. The molecule has 0 aliphatic carbocycles. The fourth-order valence-corrected chi connectivity index (χ4v) is 1.97. The van der Waals surface area contributed by atoms with Crippen LogP contribution in [0.25, 0.3) is 0 Å². The minimum Gasteiger partial charge on any atom is -0.373 e. The number of rotatable bonds is 1. The van der Waals surface area contributed by atoms with E-state index in [9.17, 15) is 5.11 Å². The number of aliphatic hydroxyl groups is 1. The van der Waals surface area contributed by atoms with Gasteiger partial charge in [0, 0.05) is 19.2 Å². The quantitative estimate of drug-likeness (QED) is 0.735. The SMILES string of the molecule is CC(C)c1ccc2c(c1)CC(O)N2C. The second-order valence-corrected chi connectivity index (χ2v) is 4.34. The van der Waals surface area contributed by atoms with Gasteiger partial charge in [0.05, 0.1) is 0 Å². The van der Waals surface area contributed by atoms with E-state index in [1.165, 1.54) is 16.8 Å². The smallest absolute Gasteiger partial charge is 0.130 e. The van der Waals surface area contributed by atoms with E-state index >= 15 is 0 Å². The number of fused-ring (bicyclic) bond motifs is 1. The molecule has 0 fully saturated rings. The Hall–Kier alpha value is -1.02. The lowest BCUT2D eigenvalue weighted by Crippen LogP contribution is -2.26. The molecule has 1 atom stereocenters. The third-order valence-electron chi connectivity index (χ3n) is 3.00. The lowest BCUT2D eigenvalue weighted by atomic mass is 10.00. The number of benzene rings is 1. The molecule has 0 spiro atoms. The van der Waals surface area contributed by atoms with Crippen LogP contribution < -0.4 is 4.90 Å². The Morgan fingerprint density at radius 1 is 1.43 bits per heavy atom. The van der Waals surface area contributed by atoms with Crippen molar-refractivity contribution >= 4 is 5.69 Å². The summed E-state index contributed by atoms with van der Waals surface area (Å²) in [6.45, 7) is 4.38. The second kappa shape index (κ2) is 3.28. The molecule has 1 aromatic rings. The summed E-state index contributed by atoms with van der Waals surface area (Å²) in [5.41, 5.74) is 3.79. The first kappa shape index (κ1) is 9.53. The normalized spacial score (nSPS) is 20.4. The summed E-state index contributed by atoms with van der Waals surface area (Å²) >= 11 is 0. The Bertz CT molecular complexity index is 346. The van der Waals surface area contributed by atoms with Crippen LogP contribution in [0.15, 0.2) is 18.2 Å². The topological polar surface area (TPSA) is 23.5 Å². The van der Waals surface area contributed by atoms with Crippen molar-refractivity contribution in [1.29, 1.82) is 0 Å². The molecule has 1 aliphatic heterocycles. The first-order chi connectivity index (χ1) is 6.59. The second-order valence-electron chi connectivity index (χ2n) is 4.34. The summed E-state index contributed by atoms with van der Waals surface area (Å²) < 4.78 is 0. The van der Waals surface area contributed by atoms with Gasteiger partial charge in [0.1, 0.15) is 6.23 Å². The number of anilines is 1. The van der Waals surface area contributed by atoms with Gasteiger partial charge < -0.3 is 10.0 Å². The molecule has 0 bridgehead atoms. The van der Waals surface area contributed by atoms with Crippen molar-refractivity contribution in [1.82, 2.24) is 0 Å². The Labute approximate surface area is 85.2 Å². The van der Waals surface area contributed by atoms with Crippen LogP contribution in [-0.2, 0) is 6.42 Å². The van der Waals surface area contributed by atoms with Crippen molar-refractivity contribution in [2.45, 2.75) is 32.4 Å². The average molecular weight is 191 g/mol. The van der Waals surface area contributed by atoms with Crippen LogP contribution in [0.4, 0.5) is 5.69 Å². The van der Waals surface area contributed by atoms with Gasteiger partial charge in [-0.05, 0) is 23.1 Å². The van der Waals surface area contributed by atoms with Crippen LogP contribution >= 0.6 is 0 Å². The fraction of sp³-hybridized carbons (Fsp3) is 0.500. The Balaban J connectivity index is 2.39. The summed E-state index contributed by atoms with van der Waals surface area (Å²) in [4.78, 5) is 1.93. The van der Waals surface area contributed by atoms with E-state index in [-0.39, 0.29) is 6.23 Å². The summed E-state index contributed by atoms with van der Waals surface area (Å²) in [5.74, 6) is 0.559. The van der Waals surface area contributed by atoms with Gasteiger partial charge in [0.15, 0.2) is 0 Å². The number of hydrogen-bond donors (Lipinski definition) is 1. The molecule has 1 aromatic carbocycles. The summed E-state index contributed by atoms with van der Waals surface area (Å²) in [6, 6.07) is 6.48. The maximum atomic E-state index is 9.67. The van der Waals surface area contributed by atoms with Crippen molar-refractivity contribution in [2.75, 3.05) is 11.9 Å². The number of likely N-dealkylation sites (N-methyl/N-ethyl adjacent to an activating group) is 1. The van der Waals surface area contributed by atoms with Crippen LogP contribution in [0.2, 0.25) is 0 Å². The lowest BCUT2D eigenvalue weighted by molar-refractivity contribution is 0.185. The molecular formula is C12H17NO. The van der Waals surface area contributed by atoms with Gasteiger partial charge in [-0.25, -0.2) is 0 Å². The minimum absolute atomic E-state index is 0.340. The van der Waals surface area contributed by atoms with E-state index in [2.05, 4.69) is 32.0 Å². The molecule has 2 heteroatoms. The molecule has 1 unspecified atom stereocenters. The van der Waals surface area contributed by atoms with E-state index in [0.717, 1.165) is 6.42 Å². The summed E-state index contributed by atoms with van der Waals surface area (Å²) in [7, 11) is 1.94. The van der Waals surface area contributed by atoms with E-state index in [4.69, 9.17) is 0 Å². The maximum absolute atomic E-state index is 9.67. The largest absolute Gasteiger partial charge is 0.373 e. The van der Waals surface area contributed by atoms with Crippen molar-refractivity contribution in [2.24, 2.45) is 0 Å². The molecular weight excluding hydrogens is 174 g/mol. The van der Waals surface area contributed by atoms with Gasteiger partial charge in [0.2, 0.25) is 0 Å². The fourth-order valence-electron chi connectivity index (χ4n) is 1.97. The highest BCUT2D eigenvalue weighted by Crippen LogP contribution is 2.32. The minimum atomic E-state index is -0.340. The highest BCUT2D eigenvalue weighted by Gasteiger charge is 2.24. The van der Waals surface area contributed by atoms with Crippen LogP contribution in [-0.4, -0.2) is 18.4 Å². The van der Waals surface area contributed by atoms with Gasteiger partial charge in [0.25, 0.3) is 0 Å². The molecule has 76 valence electrons. The van der Waals surface area contributed by atoms with Crippen LogP contribution in [0, 0.1) is 0 Å². The molecule has 1 N–H and O–H groups in total. The highest BCUT2D eigenvalue weighted by atomic mass is 16.3. The average Bonchev–Trinajstić information content (AvgIpc) is 2.42. The first-order valence-corrected chi connectivity index (χ1v) is 5.13. The van der Waals surface area contributed by atoms with Gasteiger partial charge in [-0.1, -0.05) is 26.0 Å². The Kier molecular flexibility index (Phi) is 2.23. The molecule has 1 heterocycles. The number of aliphatic hydroxyl groups excluding tert-OH is 1.